The van der Waals surface area contributed by atoms with E-state index < -0.39 is 0 Å². The zero-order chi connectivity index (χ0) is 12.9. The number of hydrogen-bond donors (Lipinski definition) is 1. The molecule has 102 valence electrons. The van der Waals surface area contributed by atoms with Crippen molar-refractivity contribution >= 4 is 11.3 Å². The molecule has 19 heavy (non-hydrogen) atoms. The number of nitrogens with one attached hydrogen (secondary N) is 1. The van der Waals surface area contributed by atoms with Crippen LogP contribution < -0.4 is 5.32 Å². The summed E-state index contributed by atoms with van der Waals surface area (Å²) in [5, 5.41) is 9.67. The van der Waals surface area contributed by atoms with E-state index in [1.54, 1.807) is 0 Å². The quantitative estimate of drug-likeness (QED) is 0.912. The van der Waals surface area contributed by atoms with Crippen molar-refractivity contribution < 1.29 is 4.52 Å². The number of thiophene rings is 1. The molecule has 1 unspecified atom stereocenters. The van der Waals surface area contributed by atoms with Crippen LogP contribution in [0.15, 0.2) is 22.0 Å². The molecule has 2 aromatic heterocycles. The third-order valence-electron chi connectivity index (χ3n) is 3.50. The van der Waals surface area contributed by atoms with Crippen molar-refractivity contribution in [3.8, 4) is 0 Å². The van der Waals surface area contributed by atoms with E-state index in [-0.39, 0.29) is 0 Å². The maximum atomic E-state index is 5.34. The predicted octanol–water partition coefficient (Wildman–Crippen LogP) is 3.12. The number of aromatic nitrogens is 2. The first kappa shape index (κ1) is 12.8. The minimum Gasteiger partial charge on any atom is -0.339 e. The Morgan fingerprint density at radius 1 is 1.37 bits per heavy atom. The van der Waals surface area contributed by atoms with Crippen LogP contribution in [-0.4, -0.2) is 16.7 Å². The van der Waals surface area contributed by atoms with Gasteiger partial charge in [-0.2, -0.15) is 4.98 Å². The Bertz CT molecular complexity index is 489. The van der Waals surface area contributed by atoms with Crippen LogP contribution >= 0.6 is 11.3 Å². The number of piperidine rings is 1. The Balaban J connectivity index is 1.50. The van der Waals surface area contributed by atoms with Crippen LogP contribution in [0.1, 0.15) is 48.3 Å². The normalized spacial score (nSPS) is 19.7. The molecule has 0 amide bonds. The first-order valence-corrected chi connectivity index (χ1v) is 7.88. The lowest BCUT2D eigenvalue weighted by molar-refractivity contribution is 0.347. The standard InChI is InChI=1S/C14H19N3OS/c1-2-9-15-12(7-1)14-16-13(18-17-14)8-3-5-11-6-4-10-19-11/h4,6,10,12,15H,1-3,5,7-9H2. The zero-order valence-corrected chi connectivity index (χ0v) is 11.8. The Labute approximate surface area is 117 Å². The fourth-order valence-corrected chi connectivity index (χ4v) is 3.20. The Morgan fingerprint density at radius 2 is 2.37 bits per heavy atom. The molecule has 1 N–H and O–H groups in total. The van der Waals surface area contributed by atoms with Gasteiger partial charge in [-0.15, -0.1) is 11.3 Å². The van der Waals surface area contributed by atoms with E-state index in [1.165, 1.54) is 17.7 Å². The fourth-order valence-electron chi connectivity index (χ4n) is 2.45. The molecule has 0 radical (unpaired) electrons. The molecule has 1 fully saturated rings. The molecule has 1 aliphatic rings. The highest BCUT2D eigenvalue weighted by Crippen LogP contribution is 2.20. The second-order valence-electron chi connectivity index (χ2n) is 4.98. The van der Waals surface area contributed by atoms with Gasteiger partial charge in [0.05, 0.1) is 6.04 Å². The van der Waals surface area contributed by atoms with Gasteiger partial charge in [0.25, 0.3) is 0 Å². The molecule has 0 bridgehead atoms. The average Bonchev–Trinajstić information content (AvgIpc) is 3.11. The van der Waals surface area contributed by atoms with Gasteiger partial charge in [-0.1, -0.05) is 17.6 Å². The SMILES string of the molecule is c1csc(CCCc2nc(C3CCCCN3)no2)c1. The molecule has 3 rings (SSSR count). The van der Waals surface area contributed by atoms with Crippen molar-refractivity contribution in [3.05, 3.63) is 34.1 Å². The highest BCUT2D eigenvalue weighted by atomic mass is 32.1. The predicted molar refractivity (Wildman–Crippen MR) is 75.2 cm³/mol. The van der Waals surface area contributed by atoms with Crippen LogP contribution in [0.2, 0.25) is 0 Å². The molecule has 0 aromatic carbocycles. The van der Waals surface area contributed by atoms with Crippen molar-refractivity contribution in [1.29, 1.82) is 0 Å². The minimum absolute atomic E-state index is 0.295. The van der Waals surface area contributed by atoms with Crippen LogP contribution in [-0.2, 0) is 12.8 Å². The van der Waals surface area contributed by atoms with Crippen molar-refractivity contribution in [2.24, 2.45) is 0 Å². The molecule has 0 spiro atoms. The summed E-state index contributed by atoms with van der Waals surface area (Å²) < 4.78 is 5.34. The van der Waals surface area contributed by atoms with Crippen LogP contribution in [0.5, 0.6) is 0 Å². The van der Waals surface area contributed by atoms with Gasteiger partial charge in [0.1, 0.15) is 0 Å². The molecule has 4 nitrogen and oxygen atoms in total. The second kappa shape index (κ2) is 6.30. The molecule has 5 heteroatoms. The maximum absolute atomic E-state index is 5.34. The zero-order valence-electron chi connectivity index (χ0n) is 11.0. The Morgan fingerprint density at radius 3 is 3.16 bits per heavy atom. The lowest BCUT2D eigenvalue weighted by Crippen LogP contribution is -2.27. The molecule has 0 aliphatic carbocycles. The molecular formula is C14H19N3OS. The third kappa shape index (κ3) is 3.42. The van der Waals surface area contributed by atoms with Crippen LogP contribution in [0.4, 0.5) is 0 Å². The fraction of sp³-hybridized carbons (Fsp3) is 0.571. The summed E-state index contributed by atoms with van der Waals surface area (Å²) in [4.78, 5) is 5.94. The van der Waals surface area contributed by atoms with Gasteiger partial charge >= 0.3 is 0 Å². The van der Waals surface area contributed by atoms with Crippen molar-refractivity contribution in [2.45, 2.75) is 44.6 Å². The lowest BCUT2D eigenvalue weighted by Gasteiger charge is -2.19. The first-order valence-electron chi connectivity index (χ1n) is 7.00. The number of nitrogens with zero attached hydrogens (tertiary/aromatic N) is 2. The summed E-state index contributed by atoms with van der Waals surface area (Å²) in [6.45, 7) is 1.06. The maximum Gasteiger partial charge on any atom is 0.226 e. The average molecular weight is 277 g/mol. The smallest absolute Gasteiger partial charge is 0.226 e. The summed E-state index contributed by atoms with van der Waals surface area (Å²) >= 11 is 1.81. The molecule has 0 saturated carbocycles. The van der Waals surface area contributed by atoms with Crippen LogP contribution in [0.3, 0.4) is 0 Å². The van der Waals surface area contributed by atoms with E-state index in [0.29, 0.717) is 6.04 Å². The number of aryl methyl sites for hydroxylation is 2. The van der Waals surface area contributed by atoms with Crippen LogP contribution in [0.25, 0.3) is 0 Å². The van der Waals surface area contributed by atoms with E-state index in [2.05, 4.69) is 33.0 Å². The van der Waals surface area contributed by atoms with Gasteiger partial charge < -0.3 is 9.84 Å². The van der Waals surface area contributed by atoms with E-state index in [1.807, 2.05) is 11.3 Å². The van der Waals surface area contributed by atoms with Crippen molar-refractivity contribution in [2.75, 3.05) is 6.54 Å². The highest BCUT2D eigenvalue weighted by Gasteiger charge is 2.20. The first-order chi connectivity index (χ1) is 9.42. The topological polar surface area (TPSA) is 51.0 Å². The van der Waals surface area contributed by atoms with E-state index in [9.17, 15) is 0 Å². The Kier molecular flexibility index (Phi) is 4.25. The monoisotopic (exact) mass is 277 g/mol. The number of rotatable bonds is 5. The van der Waals surface area contributed by atoms with Gasteiger partial charge in [0.15, 0.2) is 5.82 Å². The van der Waals surface area contributed by atoms with Crippen molar-refractivity contribution in [3.63, 3.8) is 0 Å². The van der Waals surface area contributed by atoms with E-state index in [0.717, 1.165) is 43.9 Å². The van der Waals surface area contributed by atoms with Gasteiger partial charge in [0.2, 0.25) is 5.89 Å². The second-order valence-corrected chi connectivity index (χ2v) is 6.01. The van der Waals surface area contributed by atoms with Crippen molar-refractivity contribution in [1.82, 2.24) is 15.5 Å². The van der Waals surface area contributed by atoms with E-state index in [4.69, 9.17) is 4.52 Å². The van der Waals surface area contributed by atoms with Crippen LogP contribution in [0, 0.1) is 0 Å². The van der Waals surface area contributed by atoms with Gasteiger partial charge in [-0.05, 0) is 43.7 Å². The summed E-state index contributed by atoms with van der Waals surface area (Å²) in [6, 6.07) is 4.57. The summed E-state index contributed by atoms with van der Waals surface area (Å²) in [7, 11) is 0. The molecule has 3 heterocycles. The van der Waals surface area contributed by atoms with E-state index >= 15 is 0 Å². The summed E-state index contributed by atoms with van der Waals surface area (Å²) in [5.74, 6) is 1.62. The lowest BCUT2D eigenvalue weighted by atomic mass is 10.0. The number of hydrogen-bond acceptors (Lipinski definition) is 5. The summed E-state index contributed by atoms with van der Waals surface area (Å²) in [5.41, 5.74) is 0. The molecular weight excluding hydrogens is 258 g/mol. The third-order valence-corrected chi connectivity index (χ3v) is 4.44. The summed E-state index contributed by atoms with van der Waals surface area (Å²) in [6.07, 6.45) is 6.66. The van der Waals surface area contributed by atoms with Gasteiger partial charge in [-0.25, -0.2) is 0 Å². The van der Waals surface area contributed by atoms with Gasteiger partial charge in [-0.3, -0.25) is 0 Å². The minimum atomic E-state index is 0.295. The highest BCUT2D eigenvalue weighted by molar-refractivity contribution is 7.09. The molecule has 2 aromatic rings. The van der Waals surface area contributed by atoms with Gasteiger partial charge in [0, 0.05) is 11.3 Å². The molecule has 1 atom stereocenters. The molecule has 1 saturated heterocycles. The molecule has 1 aliphatic heterocycles. The Hall–Kier alpha value is -1.20. The largest absolute Gasteiger partial charge is 0.339 e.